The second-order valence-electron chi connectivity index (χ2n) is 4.65. The monoisotopic (exact) mass is 239 g/mol. The van der Waals surface area contributed by atoms with E-state index in [1.165, 1.54) is 22.2 Å². The van der Waals surface area contributed by atoms with Crippen molar-refractivity contribution in [3.05, 3.63) is 47.7 Å². The van der Waals surface area contributed by atoms with E-state index in [1.807, 2.05) is 0 Å². The quantitative estimate of drug-likeness (QED) is 0.846. The molecule has 2 aromatic rings. The van der Waals surface area contributed by atoms with Crippen LogP contribution in [0.2, 0.25) is 0 Å². The molecule has 1 aliphatic rings. The fourth-order valence-electron chi connectivity index (χ4n) is 2.35. The van der Waals surface area contributed by atoms with E-state index < -0.39 is 0 Å². The van der Waals surface area contributed by atoms with Gasteiger partial charge >= 0.3 is 0 Å². The van der Waals surface area contributed by atoms with Gasteiger partial charge < -0.3 is 10.7 Å². The number of aromatic nitrogens is 1. The molecular weight excluding hydrogens is 222 g/mol. The largest absolute Gasteiger partial charge is 0.357 e. The molecule has 3 nitrogen and oxygen atoms in total. The molecule has 0 radical (unpaired) electrons. The molecule has 0 fully saturated rings. The highest BCUT2D eigenvalue weighted by Crippen LogP contribution is 2.18. The molecule has 0 unspecified atom stereocenters. The Kier molecular flexibility index (Phi) is 2.99. The molecule has 0 atom stereocenters. The van der Waals surface area contributed by atoms with Gasteiger partial charge in [-0.15, -0.1) is 0 Å². The number of H-pyrrole nitrogens is 1. The second-order valence-corrected chi connectivity index (χ2v) is 4.65. The Morgan fingerprint density at radius 3 is 2.94 bits per heavy atom. The molecule has 0 spiro atoms. The smallest absolute Gasteiger partial charge is 0.0577 e. The number of hydrogen-bond donors (Lipinski definition) is 2. The lowest BCUT2D eigenvalue weighted by Gasteiger charge is -2.01. The molecule has 0 aliphatic carbocycles. The minimum absolute atomic E-state index is 0.561. The van der Waals surface area contributed by atoms with Gasteiger partial charge in [0.05, 0.1) is 6.54 Å². The van der Waals surface area contributed by atoms with Crippen LogP contribution in [-0.4, -0.2) is 17.2 Å². The molecule has 0 saturated carbocycles. The topological polar surface area (TPSA) is 54.2 Å². The van der Waals surface area contributed by atoms with Crippen LogP contribution in [0.1, 0.15) is 17.7 Å². The molecule has 3 rings (SSSR count). The van der Waals surface area contributed by atoms with E-state index in [0.717, 1.165) is 25.1 Å². The van der Waals surface area contributed by atoms with Gasteiger partial charge in [0, 0.05) is 23.5 Å². The highest BCUT2D eigenvalue weighted by molar-refractivity contribution is 5.96. The third-order valence-electron chi connectivity index (χ3n) is 3.34. The summed E-state index contributed by atoms with van der Waals surface area (Å²) in [5, 5.41) is 1.23. The van der Waals surface area contributed by atoms with Crippen molar-refractivity contribution in [2.45, 2.75) is 19.4 Å². The first-order valence-corrected chi connectivity index (χ1v) is 6.35. The van der Waals surface area contributed by atoms with Gasteiger partial charge in [-0.1, -0.05) is 18.2 Å². The van der Waals surface area contributed by atoms with Gasteiger partial charge in [-0.3, -0.25) is 4.99 Å². The lowest BCUT2D eigenvalue weighted by molar-refractivity contribution is 1.02. The number of aromatic amines is 1. The highest BCUT2D eigenvalue weighted by atomic mass is 14.7. The third-order valence-corrected chi connectivity index (χ3v) is 3.34. The molecule has 92 valence electrons. The molecule has 1 aromatic heterocycles. The molecule has 1 aromatic carbocycles. The predicted octanol–water partition coefficient (Wildman–Crippen LogP) is 2.57. The molecule has 3 heteroatoms. The number of aliphatic imine (C=N–C) groups is 1. The zero-order valence-electron chi connectivity index (χ0n) is 10.3. The normalized spacial score (nSPS) is 14.4. The van der Waals surface area contributed by atoms with Crippen molar-refractivity contribution in [2.75, 3.05) is 6.54 Å². The first-order chi connectivity index (χ1) is 8.85. The van der Waals surface area contributed by atoms with Gasteiger partial charge in [0.1, 0.15) is 0 Å². The average Bonchev–Trinajstić information content (AvgIpc) is 3.04. The van der Waals surface area contributed by atoms with Gasteiger partial charge in [-0.05, 0) is 42.0 Å². The minimum atomic E-state index is 0.561. The van der Waals surface area contributed by atoms with Crippen LogP contribution in [0.5, 0.6) is 0 Å². The van der Waals surface area contributed by atoms with Crippen molar-refractivity contribution in [2.24, 2.45) is 10.7 Å². The van der Waals surface area contributed by atoms with E-state index in [1.54, 1.807) is 0 Å². The molecule has 0 amide bonds. The van der Waals surface area contributed by atoms with Crippen LogP contribution in [0.15, 0.2) is 41.4 Å². The summed E-state index contributed by atoms with van der Waals surface area (Å²) in [6.07, 6.45) is 6.29. The Labute approximate surface area is 106 Å². The van der Waals surface area contributed by atoms with Gasteiger partial charge in [-0.25, -0.2) is 0 Å². The Bertz CT molecular complexity index is 620. The summed E-state index contributed by atoms with van der Waals surface area (Å²) in [5.74, 6) is 0. The van der Waals surface area contributed by atoms with Crippen LogP contribution < -0.4 is 5.73 Å². The first kappa shape index (κ1) is 11.2. The number of fused-ring (bicyclic) bond motifs is 1. The van der Waals surface area contributed by atoms with E-state index in [0.29, 0.717) is 6.54 Å². The summed E-state index contributed by atoms with van der Waals surface area (Å²) in [6.45, 7) is 1.41. The minimum Gasteiger partial charge on any atom is -0.357 e. The lowest BCUT2D eigenvalue weighted by atomic mass is 10.1. The molecular formula is C15H17N3. The summed E-state index contributed by atoms with van der Waals surface area (Å²) in [7, 11) is 0. The van der Waals surface area contributed by atoms with Crippen molar-refractivity contribution >= 4 is 16.6 Å². The Morgan fingerprint density at radius 1 is 1.22 bits per heavy atom. The molecule has 0 saturated heterocycles. The van der Waals surface area contributed by atoms with E-state index in [4.69, 9.17) is 5.73 Å². The number of nitrogens with one attached hydrogen (secondary N) is 1. The van der Waals surface area contributed by atoms with Crippen LogP contribution in [0, 0.1) is 0 Å². The van der Waals surface area contributed by atoms with E-state index >= 15 is 0 Å². The SMILES string of the molecule is NCc1cc2ccc(CCC3=NCC=C3)cc2[nH]1. The highest BCUT2D eigenvalue weighted by Gasteiger charge is 2.03. The van der Waals surface area contributed by atoms with Crippen LogP contribution >= 0.6 is 0 Å². The standard InChI is InChI=1S/C15H17N3/c16-10-14-9-12-5-3-11(8-15(12)18-14)4-6-13-2-1-7-17-13/h1-3,5,8-9,18H,4,6-7,10,16H2. The van der Waals surface area contributed by atoms with Crippen LogP contribution in [0.3, 0.4) is 0 Å². The number of nitrogens with zero attached hydrogens (tertiary/aromatic N) is 1. The zero-order valence-corrected chi connectivity index (χ0v) is 10.3. The number of allylic oxidation sites excluding steroid dienone is 1. The van der Waals surface area contributed by atoms with Gasteiger partial charge in [0.2, 0.25) is 0 Å². The lowest BCUT2D eigenvalue weighted by Crippen LogP contribution is -1.95. The fraction of sp³-hybridized carbons (Fsp3) is 0.267. The molecule has 3 N–H and O–H groups in total. The second kappa shape index (κ2) is 4.78. The third kappa shape index (κ3) is 2.22. The maximum Gasteiger partial charge on any atom is 0.0577 e. The number of benzene rings is 1. The Morgan fingerprint density at radius 2 is 2.17 bits per heavy atom. The van der Waals surface area contributed by atoms with Crippen LogP contribution in [0.25, 0.3) is 10.9 Å². The Hall–Kier alpha value is -1.87. The number of aryl methyl sites for hydroxylation is 1. The molecule has 18 heavy (non-hydrogen) atoms. The summed E-state index contributed by atoms with van der Waals surface area (Å²) in [5.41, 5.74) is 10.5. The van der Waals surface area contributed by atoms with Gasteiger partial charge in [0.25, 0.3) is 0 Å². The van der Waals surface area contributed by atoms with Crippen molar-refractivity contribution in [3.8, 4) is 0 Å². The van der Waals surface area contributed by atoms with E-state index in [-0.39, 0.29) is 0 Å². The van der Waals surface area contributed by atoms with Crippen LogP contribution in [-0.2, 0) is 13.0 Å². The van der Waals surface area contributed by atoms with Crippen molar-refractivity contribution in [1.29, 1.82) is 0 Å². The van der Waals surface area contributed by atoms with Crippen molar-refractivity contribution in [3.63, 3.8) is 0 Å². The zero-order chi connectivity index (χ0) is 12.4. The molecule has 2 heterocycles. The molecule has 1 aliphatic heterocycles. The summed E-state index contributed by atoms with van der Waals surface area (Å²) < 4.78 is 0. The predicted molar refractivity (Wildman–Crippen MR) is 76.0 cm³/mol. The first-order valence-electron chi connectivity index (χ1n) is 6.35. The fourth-order valence-corrected chi connectivity index (χ4v) is 2.35. The van der Waals surface area contributed by atoms with Crippen LogP contribution in [0.4, 0.5) is 0 Å². The van der Waals surface area contributed by atoms with Crippen molar-refractivity contribution < 1.29 is 0 Å². The van der Waals surface area contributed by atoms with E-state index in [2.05, 4.69) is 46.4 Å². The molecule has 0 bridgehead atoms. The summed E-state index contributed by atoms with van der Waals surface area (Å²) >= 11 is 0. The maximum atomic E-state index is 5.64. The number of hydrogen-bond acceptors (Lipinski definition) is 2. The van der Waals surface area contributed by atoms with Gasteiger partial charge in [-0.2, -0.15) is 0 Å². The van der Waals surface area contributed by atoms with Gasteiger partial charge in [0.15, 0.2) is 0 Å². The van der Waals surface area contributed by atoms with E-state index in [9.17, 15) is 0 Å². The summed E-state index contributed by atoms with van der Waals surface area (Å²) in [4.78, 5) is 7.76. The number of rotatable bonds is 4. The number of nitrogens with two attached hydrogens (primary N) is 1. The Balaban J connectivity index is 1.77. The maximum absolute atomic E-state index is 5.64. The van der Waals surface area contributed by atoms with Crippen molar-refractivity contribution in [1.82, 2.24) is 4.98 Å². The average molecular weight is 239 g/mol. The summed E-state index contributed by atoms with van der Waals surface area (Å²) in [6, 6.07) is 8.68.